The Kier molecular flexibility index (Phi) is 31.8. The zero-order valence-electron chi connectivity index (χ0n) is 82.9. The summed E-state index contributed by atoms with van der Waals surface area (Å²) in [5, 5.41) is 0. The van der Waals surface area contributed by atoms with Gasteiger partial charge in [-0.15, -0.1) is 0 Å². The summed E-state index contributed by atoms with van der Waals surface area (Å²) in [7, 11) is -2.74. The first-order valence-electron chi connectivity index (χ1n) is 46.1. The molecule has 6 aromatic rings. The van der Waals surface area contributed by atoms with E-state index in [9.17, 15) is 13.6 Å². The molecule has 3 nitrogen and oxygen atoms in total. The lowest BCUT2D eigenvalue weighted by molar-refractivity contribution is -0.0643. The Morgan fingerprint density at radius 2 is 0.339 bits per heavy atom. The summed E-state index contributed by atoms with van der Waals surface area (Å²) >= 11 is 0. The fourth-order valence-corrected chi connectivity index (χ4v) is 22.0. The van der Waals surface area contributed by atoms with Crippen LogP contribution in [0.3, 0.4) is 0 Å². The van der Waals surface area contributed by atoms with E-state index in [0.29, 0.717) is 0 Å². The zero-order chi connectivity index (χ0) is 87.7. The van der Waals surface area contributed by atoms with Crippen molar-refractivity contribution in [1.82, 2.24) is 0 Å². The largest absolute Gasteiger partial charge is 0.336 e. The minimum absolute atomic E-state index is 0.150. The molecule has 0 radical (unpaired) electrons. The molecule has 0 aliphatic rings. The maximum atomic E-state index is 10.0. The normalized spacial score (nSPS) is 15.2. The number of unbranched alkanes of at least 4 members (excludes halogenated alkanes) is 9. The molecule has 115 heavy (non-hydrogen) atoms. The molecular weight excluding hydrogens is 1410 g/mol. The van der Waals surface area contributed by atoms with E-state index in [1.807, 2.05) is 0 Å². The highest BCUT2D eigenvalue weighted by Gasteiger charge is 2.59. The van der Waals surface area contributed by atoms with E-state index in [4.69, 9.17) is 0 Å². The van der Waals surface area contributed by atoms with Gasteiger partial charge in [-0.05, 0) is 202 Å². The lowest BCUT2D eigenvalue weighted by Crippen LogP contribution is -2.47. The van der Waals surface area contributed by atoms with E-state index in [1.165, 1.54) is 100 Å². The van der Waals surface area contributed by atoms with Crippen LogP contribution in [-0.4, -0.2) is 0 Å². The number of benzene rings is 6. The lowest BCUT2D eigenvalue weighted by Gasteiger charge is -2.53. The number of hydrogen-bond donors (Lipinski definition) is 0. The molecule has 644 valence electrons. The predicted octanol–water partition coefficient (Wildman–Crippen LogP) is 34.5. The van der Waals surface area contributed by atoms with Crippen molar-refractivity contribution in [2.45, 2.75) is 469 Å². The first-order valence-corrected chi connectivity index (χ1v) is 47.2. The lowest BCUT2D eigenvalue weighted by atomic mass is 9.62. The van der Waals surface area contributed by atoms with E-state index in [1.54, 1.807) is 0 Å². The van der Waals surface area contributed by atoms with Gasteiger partial charge in [-0.2, -0.15) is 0 Å². The van der Waals surface area contributed by atoms with Gasteiger partial charge in [0.1, 0.15) is 16.8 Å². The molecule has 6 rings (SSSR count). The third-order valence-electron chi connectivity index (χ3n) is 25.3. The summed E-state index contributed by atoms with van der Waals surface area (Å²) in [5.41, 5.74) is 15.7. The first kappa shape index (κ1) is 99.4. The molecule has 0 heterocycles. The summed E-state index contributed by atoms with van der Waals surface area (Å²) in [6.45, 7) is 104. The van der Waals surface area contributed by atoms with Crippen LogP contribution in [0.5, 0.6) is 0 Å². The van der Waals surface area contributed by atoms with Crippen molar-refractivity contribution in [1.29, 1.82) is 0 Å². The van der Waals surface area contributed by atoms with Crippen LogP contribution in [0.25, 0.3) is 0 Å². The van der Waals surface area contributed by atoms with Crippen molar-refractivity contribution in [3.8, 4) is 0 Å². The second-order valence-corrected chi connectivity index (χ2v) is 49.3. The van der Waals surface area contributed by atoms with Gasteiger partial charge in [0.2, 0.25) is 0 Å². The average Bonchev–Trinajstić information content (AvgIpc) is 0.706. The van der Waals surface area contributed by atoms with Gasteiger partial charge in [-0.3, -0.25) is 13.6 Å². The molecule has 6 aromatic carbocycles. The van der Waals surface area contributed by atoms with E-state index >= 15 is 0 Å². The molecule has 0 saturated heterocycles. The molecule has 0 bridgehead atoms. The average molecular weight is 1590 g/mol. The van der Waals surface area contributed by atoms with Crippen molar-refractivity contribution < 1.29 is 13.6 Å². The fraction of sp³-hybridized carbons (Fsp3) is 0.676. The molecule has 3 unspecified atom stereocenters. The van der Waals surface area contributed by atoms with Crippen LogP contribution in [0.15, 0.2) is 109 Å². The van der Waals surface area contributed by atoms with Crippen molar-refractivity contribution in [2.75, 3.05) is 0 Å². The van der Waals surface area contributed by atoms with Gasteiger partial charge in [0, 0.05) is 0 Å². The van der Waals surface area contributed by atoms with Gasteiger partial charge in [0.05, 0.1) is 0 Å². The maximum absolute atomic E-state index is 10.0. The molecule has 4 heteroatoms. The summed E-state index contributed by atoms with van der Waals surface area (Å²) in [6.07, 6.45) is 16.1. The van der Waals surface area contributed by atoms with Gasteiger partial charge in [0.15, 0.2) is 0 Å². The SMILES string of the molecule is CCCCCCC(C)C(OP(OC(c1cccc(C(C)(C)C)c1C(C)(C)C)(c1cccc(C(C)(C)C)c1C(C)(C)C)C(C)CCCCCC)OC(c1cccc(C(C)(C)C)c1C(C)(C)C)(c1cccc(C(C)(C)C)c1C(C)(C)C)C(C)CCCCCC)(c1cccc(C(C)(C)C)c1C(C)(C)C)c1cccc(C(C)(C)C)c1C(C)(C)C. The van der Waals surface area contributed by atoms with Crippen LogP contribution in [0.2, 0.25) is 0 Å². The number of rotatable bonds is 30. The molecule has 0 spiro atoms. The zero-order valence-corrected chi connectivity index (χ0v) is 83.8. The van der Waals surface area contributed by atoms with Crippen LogP contribution in [-0.2, 0) is 95.4 Å². The van der Waals surface area contributed by atoms with E-state index in [0.717, 1.165) is 96.3 Å². The molecule has 0 aromatic heterocycles. The van der Waals surface area contributed by atoms with E-state index in [-0.39, 0.29) is 82.7 Å². The van der Waals surface area contributed by atoms with Crippen molar-refractivity contribution in [3.63, 3.8) is 0 Å². The van der Waals surface area contributed by atoms with Crippen LogP contribution in [0, 0.1) is 17.8 Å². The smallest absolute Gasteiger partial charge is 0.295 e. The molecule has 0 N–H and O–H groups in total. The first-order chi connectivity index (χ1) is 52.3. The third kappa shape index (κ3) is 22.3. The highest BCUT2D eigenvalue weighted by Crippen LogP contribution is 2.69. The predicted molar refractivity (Wildman–Crippen MR) is 509 cm³/mol. The Bertz CT molecular complexity index is 3480. The van der Waals surface area contributed by atoms with E-state index < -0.39 is 25.4 Å². The minimum atomic E-state index is -2.74. The van der Waals surface area contributed by atoms with Crippen molar-refractivity contribution in [3.05, 3.63) is 209 Å². The van der Waals surface area contributed by atoms with Crippen molar-refractivity contribution in [2.24, 2.45) is 17.8 Å². The monoisotopic (exact) mass is 1590 g/mol. The molecule has 0 amide bonds. The maximum Gasteiger partial charge on any atom is 0.336 e. The molecule has 0 aliphatic heterocycles. The fourth-order valence-electron chi connectivity index (χ4n) is 20.0. The quantitative estimate of drug-likeness (QED) is 0.0332. The van der Waals surface area contributed by atoms with Crippen molar-refractivity contribution >= 4 is 8.60 Å². The second-order valence-electron chi connectivity index (χ2n) is 48.3. The van der Waals surface area contributed by atoms with Crippen LogP contribution < -0.4 is 0 Å². The minimum Gasteiger partial charge on any atom is -0.295 e. The third-order valence-corrected chi connectivity index (χ3v) is 26.7. The second kappa shape index (κ2) is 36.7. The summed E-state index contributed by atoms with van der Waals surface area (Å²) < 4.78 is 30.1. The van der Waals surface area contributed by atoms with Crippen LogP contribution in [0.4, 0.5) is 0 Å². The van der Waals surface area contributed by atoms with Gasteiger partial charge >= 0.3 is 8.60 Å². The summed E-state index contributed by atoms with van der Waals surface area (Å²) in [4.78, 5) is 0. The number of hydrogen-bond acceptors (Lipinski definition) is 3. The molecule has 3 atom stereocenters. The standard InChI is InChI=1S/C111H177O3P/c1-43-46-49-52-61-76(4)109(85-70-55-64-79(97(7,8)9)91(85)103(25,26)27,86-71-56-65-80(98(10,11)12)92(86)104(28,29)30)112-115(113-110(77(5)62-53-50-47-44-2,87-72-57-66-81(99(13,14)15)93(87)105(31,32)33)88-73-58-67-82(100(16,17)18)94(88)106(34,35)36)114-111(78(6)63-54-51-48-45-3,89-74-59-68-83(101(19,20)21)95(89)107(37,38)39)90-75-60-69-84(102(22,23)24)96(90)108(40,41)42/h55-60,64-78H,43-54,61-63H2,1-42H3. The Hall–Kier alpha value is -4.37. The molecule has 0 saturated carbocycles. The Morgan fingerprint density at radius 3 is 0.461 bits per heavy atom. The molecular formula is C111H177O3P. The molecule has 0 fully saturated rings. The topological polar surface area (TPSA) is 27.7 Å². The van der Waals surface area contributed by atoms with Crippen LogP contribution >= 0.6 is 8.60 Å². The highest BCUT2D eigenvalue weighted by atomic mass is 31.2. The van der Waals surface area contributed by atoms with Gasteiger partial charge in [-0.1, -0.05) is 477 Å². The highest BCUT2D eigenvalue weighted by molar-refractivity contribution is 7.41. The van der Waals surface area contributed by atoms with Gasteiger partial charge < -0.3 is 0 Å². The Labute approximate surface area is 713 Å². The molecule has 0 aliphatic carbocycles. The Morgan fingerprint density at radius 1 is 0.200 bits per heavy atom. The van der Waals surface area contributed by atoms with Gasteiger partial charge in [0.25, 0.3) is 0 Å². The Balaban J connectivity index is 2.36. The summed E-state index contributed by atoms with van der Waals surface area (Å²) in [5.74, 6) is -0.449. The van der Waals surface area contributed by atoms with E-state index in [2.05, 4.69) is 400 Å². The summed E-state index contributed by atoms with van der Waals surface area (Å²) in [6, 6.07) is 44.5. The van der Waals surface area contributed by atoms with Gasteiger partial charge in [-0.25, -0.2) is 0 Å². The van der Waals surface area contributed by atoms with Crippen LogP contribution in [0.1, 0.15) is 487 Å².